The van der Waals surface area contributed by atoms with Crippen LogP contribution in [0.5, 0.6) is 0 Å². The molecule has 0 aliphatic heterocycles. The zero-order valence-corrected chi connectivity index (χ0v) is 10.9. The van der Waals surface area contributed by atoms with Gasteiger partial charge in [0.05, 0.1) is 0 Å². The minimum Gasteiger partial charge on any atom is -0.461 e. The van der Waals surface area contributed by atoms with Crippen LogP contribution < -0.4 is 0 Å². The molecular weight excluding hydrogens is 168 g/mol. The molecule has 0 N–H and O–H groups in total. The van der Waals surface area contributed by atoms with E-state index in [1.165, 1.54) is 0 Å². The first-order valence-corrected chi connectivity index (χ1v) is 9.10. The Morgan fingerprint density at radius 1 is 1.00 bits per heavy atom. The number of hydrogen-bond donors (Lipinski definition) is 0. The second kappa shape index (κ2) is 12.5. The van der Waals surface area contributed by atoms with Crippen LogP contribution in [-0.2, 0) is 4.12 Å². The van der Waals surface area contributed by atoms with Crippen LogP contribution in [-0.4, -0.2) is 18.1 Å². The Bertz CT molecular complexity index is 67.0. The fraction of sp³-hybridized carbons (Fsp3) is 0.500. The standard InChI is InChI=1S/C4H14OSi2.2C2H4/c1-6-5-7(2,3)4;2*1-2/h6H2,1-4H3;2*1-2H2. The third-order valence-electron chi connectivity index (χ3n) is 0.577. The van der Waals surface area contributed by atoms with Crippen molar-refractivity contribution in [3.8, 4) is 0 Å². The molecule has 68 valence electrons. The summed E-state index contributed by atoms with van der Waals surface area (Å²) in [5.41, 5.74) is 0. The molecule has 0 atom stereocenters. The van der Waals surface area contributed by atoms with Crippen LogP contribution in [0.3, 0.4) is 0 Å². The van der Waals surface area contributed by atoms with Gasteiger partial charge >= 0.3 is 0 Å². The summed E-state index contributed by atoms with van der Waals surface area (Å²) < 4.78 is 5.51. The first kappa shape index (κ1) is 17.1. The van der Waals surface area contributed by atoms with E-state index in [1.807, 2.05) is 0 Å². The van der Waals surface area contributed by atoms with Gasteiger partial charge in [-0.1, -0.05) is 6.55 Å². The molecule has 0 aliphatic rings. The summed E-state index contributed by atoms with van der Waals surface area (Å²) in [5, 5.41) is 0. The fourth-order valence-electron chi connectivity index (χ4n) is 0.433. The van der Waals surface area contributed by atoms with Gasteiger partial charge in [0.2, 0.25) is 0 Å². The molecule has 0 heterocycles. The first-order chi connectivity index (χ1) is 5.06. The monoisotopic (exact) mass is 190 g/mol. The molecule has 1 nitrogen and oxygen atoms in total. The predicted octanol–water partition coefficient (Wildman–Crippen LogP) is 2.57. The lowest BCUT2D eigenvalue weighted by molar-refractivity contribution is 0.603. The maximum atomic E-state index is 5.51. The third kappa shape index (κ3) is 40.8. The molecule has 0 radical (unpaired) electrons. The van der Waals surface area contributed by atoms with Gasteiger partial charge < -0.3 is 4.12 Å². The van der Waals surface area contributed by atoms with Gasteiger partial charge in [-0.2, -0.15) is 0 Å². The molecule has 0 saturated carbocycles. The highest BCUT2D eigenvalue weighted by Gasteiger charge is 2.10. The molecule has 0 amide bonds. The van der Waals surface area contributed by atoms with Gasteiger partial charge in [0.15, 0.2) is 8.32 Å². The second-order valence-electron chi connectivity index (χ2n) is 2.55. The molecule has 0 spiro atoms. The minimum atomic E-state index is -1.10. The van der Waals surface area contributed by atoms with Crippen molar-refractivity contribution in [1.29, 1.82) is 0 Å². The Balaban J connectivity index is -0.000000138. The van der Waals surface area contributed by atoms with Crippen molar-refractivity contribution in [1.82, 2.24) is 0 Å². The molecule has 0 aromatic heterocycles. The lowest BCUT2D eigenvalue weighted by Crippen LogP contribution is -2.26. The average molecular weight is 190 g/mol. The molecule has 3 heteroatoms. The van der Waals surface area contributed by atoms with Crippen molar-refractivity contribution in [3.63, 3.8) is 0 Å². The maximum absolute atomic E-state index is 5.51. The van der Waals surface area contributed by atoms with E-state index in [0.29, 0.717) is 0 Å². The number of hydrogen-bond acceptors (Lipinski definition) is 1. The molecule has 0 aliphatic carbocycles. The summed E-state index contributed by atoms with van der Waals surface area (Å²) in [6.07, 6.45) is 0. The van der Waals surface area contributed by atoms with Crippen molar-refractivity contribution in [2.75, 3.05) is 0 Å². The van der Waals surface area contributed by atoms with Gasteiger partial charge in [-0.25, -0.2) is 0 Å². The van der Waals surface area contributed by atoms with Gasteiger partial charge in [0.25, 0.3) is 0 Å². The zero-order valence-electron chi connectivity index (χ0n) is 8.44. The maximum Gasteiger partial charge on any atom is 0.169 e. The third-order valence-corrected chi connectivity index (χ3v) is 5.20. The largest absolute Gasteiger partial charge is 0.461 e. The summed E-state index contributed by atoms with van der Waals surface area (Å²) in [5.74, 6) is 0. The van der Waals surface area contributed by atoms with E-state index in [0.717, 1.165) is 0 Å². The lowest BCUT2D eigenvalue weighted by Gasteiger charge is -2.14. The minimum absolute atomic E-state index is 0.128. The normalized spacial score (nSPS) is 9.45. The van der Waals surface area contributed by atoms with Crippen molar-refractivity contribution >= 4 is 18.1 Å². The quantitative estimate of drug-likeness (QED) is 0.480. The highest BCUT2D eigenvalue weighted by molar-refractivity contribution is 6.73. The van der Waals surface area contributed by atoms with E-state index >= 15 is 0 Å². The van der Waals surface area contributed by atoms with Crippen LogP contribution in [0.15, 0.2) is 26.3 Å². The van der Waals surface area contributed by atoms with E-state index < -0.39 is 8.32 Å². The molecule has 11 heavy (non-hydrogen) atoms. The molecule has 0 unspecified atom stereocenters. The van der Waals surface area contributed by atoms with E-state index in [2.05, 4.69) is 52.5 Å². The topological polar surface area (TPSA) is 9.23 Å². The van der Waals surface area contributed by atoms with Gasteiger partial charge in [-0.15, -0.1) is 26.3 Å². The summed E-state index contributed by atoms with van der Waals surface area (Å²) in [6, 6.07) is 0. The van der Waals surface area contributed by atoms with Crippen LogP contribution in [0.25, 0.3) is 0 Å². The summed E-state index contributed by atoms with van der Waals surface area (Å²) in [7, 11) is -1.22. The van der Waals surface area contributed by atoms with Gasteiger partial charge in [0.1, 0.15) is 9.76 Å². The Morgan fingerprint density at radius 2 is 1.27 bits per heavy atom. The highest BCUT2D eigenvalue weighted by atomic mass is 28.4. The van der Waals surface area contributed by atoms with Gasteiger partial charge in [-0.05, 0) is 19.6 Å². The van der Waals surface area contributed by atoms with Crippen LogP contribution in [0.2, 0.25) is 26.2 Å². The Morgan fingerprint density at radius 3 is 1.27 bits per heavy atom. The Hall–Kier alpha value is -0.126. The predicted molar refractivity (Wildman–Crippen MR) is 61.3 cm³/mol. The first-order valence-electron chi connectivity index (χ1n) is 3.70. The summed E-state index contributed by atoms with van der Waals surface area (Å²) in [6.45, 7) is 20.9. The molecule has 0 bridgehead atoms. The summed E-state index contributed by atoms with van der Waals surface area (Å²) in [4.78, 5) is 0. The van der Waals surface area contributed by atoms with Crippen LogP contribution in [0, 0.1) is 0 Å². The van der Waals surface area contributed by atoms with Gasteiger partial charge in [-0.3, -0.25) is 0 Å². The average Bonchev–Trinajstić information content (AvgIpc) is 1.94. The molecule has 0 rings (SSSR count). The summed E-state index contributed by atoms with van der Waals surface area (Å²) >= 11 is 0. The van der Waals surface area contributed by atoms with E-state index in [1.54, 1.807) is 0 Å². The SMILES string of the molecule is C=C.C=C.C[SiH2]O[Si](C)(C)C. The van der Waals surface area contributed by atoms with Crippen LogP contribution in [0.1, 0.15) is 0 Å². The highest BCUT2D eigenvalue weighted by Crippen LogP contribution is 1.99. The lowest BCUT2D eigenvalue weighted by atomic mass is 11.3. The van der Waals surface area contributed by atoms with Crippen LogP contribution >= 0.6 is 0 Å². The molecule has 0 saturated heterocycles. The van der Waals surface area contributed by atoms with Crippen molar-refractivity contribution in [2.24, 2.45) is 0 Å². The van der Waals surface area contributed by atoms with E-state index in [9.17, 15) is 0 Å². The van der Waals surface area contributed by atoms with Crippen molar-refractivity contribution in [2.45, 2.75) is 26.2 Å². The molecule has 0 aromatic carbocycles. The van der Waals surface area contributed by atoms with Gasteiger partial charge in [0, 0.05) is 0 Å². The molecule has 0 aromatic rings. The molecular formula is C8H22OSi2. The van der Waals surface area contributed by atoms with Crippen molar-refractivity contribution in [3.05, 3.63) is 26.3 Å². The fourth-order valence-corrected chi connectivity index (χ4v) is 3.90. The zero-order chi connectivity index (χ0) is 9.91. The van der Waals surface area contributed by atoms with Crippen molar-refractivity contribution < 1.29 is 4.12 Å². The number of rotatable bonds is 2. The van der Waals surface area contributed by atoms with Crippen LogP contribution in [0.4, 0.5) is 0 Å². The smallest absolute Gasteiger partial charge is 0.169 e. The van der Waals surface area contributed by atoms with E-state index in [-0.39, 0.29) is 9.76 Å². The van der Waals surface area contributed by atoms with E-state index in [4.69, 9.17) is 4.12 Å². The Labute approximate surface area is 75.2 Å². The second-order valence-corrected chi connectivity index (χ2v) is 8.50. The Kier molecular flexibility index (Phi) is 19.5. The molecule has 0 fully saturated rings.